The van der Waals surface area contributed by atoms with E-state index in [0.29, 0.717) is 34.1 Å². The van der Waals surface area contributed by atoms with Crippen LogP contribution in [0.25, 0.3) is 0 Å². The summed E-state index contributed by atoms with van der Waals surface area (Å²) in [5.41, 5.74) is 1.63. The lowest BCUT2D eigenvalue weighted by Gasteiger charge is -2.29. The highest BCUT2D eigenvalue weighted by molar-refractivity contribution is 6.42. The summed E-state index contributed by atoms with van der Waals surface area (Å²) in [5, 5.41) is 4.34. The van der Waals surface area contributed by atoms with E-state index >= 15 is 0 Å². The third-order valence-corrected chi connectivity index (χ3v) is 5.45. The van der Waals surface area contributed by atoms with E-state index in [-0.39, 0.29) is 18.2 Å². The Balaban J connectivity index is 2.21. The Morgan fingerprint density at radius 1 is 0.931 bits per heavy atom. The maximum atomic E-state index is 13.1. The molecule has 0 aromatic heterocycles. The van der Waals surface area contributed by atoms with Gasteiger partial charge in [-0.3, -0.25) is 9.59 Å². The number of hydrogen-bond donors (Lipinski definition) is 1. The first-order chi connectivity index (χ1) is 13.7. The fraction of sp³-hybridized carbons (Fsp3) is 0.364. The molecule has 29 heavy (non-hydrogen) atoms. The van der Waals surface area contributed by atoms with E-state index in [1.54, 1.807) is 42.2 Å². The molecule has 0 aliphatic heterocycles. The van der Waals surface area contributed by atoms with Gasteiger partial charge in [0.2, 0.25) is 11.8 Å². The molecule has 0 aliphatic carbocycles. The monoisotopic (exact) mass is 454 g/mol. The van der Waals surface area contributed by atoms with Gasteiger partial charge in [0.15, 0.2) is 0 Å². The smallest absolute Gasteiger partial charge is 0.242 e. The molecule has 0 saturated carbocycles. The van der Waals surface area contributed by atoms with Gasteiger partial charge in [0.1, 0.15) is 6.04 Å². The molecule has 0 fully saturated rings. The Morgan fingerprint density at radius 3 is 2.14 bits per heavy atom. The van der Waals surface area contributed by atoms with Crippen molar-refractivity contribution in [2.45, 2.75) is 39.8 Å². The van der Waals surface area contributed by atoms with Gasteiger partial charge in [-0.1, -0.05) is 66.8 Å². The van der Waals surface area contributed by atoms with Gasteiger partial charge in [-0.15, -0.1) is 0 Å². The Labute approximate surface area is 187 Å². The third kappa shape index (κ3) is 7.22. The molecular formula is C22H25Cl3N2O2. The SMILES string of the molecule is CC(C)CNC(=O)[C@@H](C)N(Cc1ccc(Cl)cc1)C(=O)Cc1ccc(Cl)c(Cl)c1. The lowest BCUT2D eigenvalue weighted by atomic mass is 10.1. The summed E-state index contributed by atoms with van der Waals surface area (Å²) in [6.45, 7) is 6.63. The summed E-state index contributed by atoms with van der Waals surface area (Å²) in [5.74, 6) is -0.0385. The standard InChI is InChI=1S/C22H25Cl3N2O2/c1-14(2)12-26-22(29)15(3)27(13-16-4-7-18(23)8-5-16)21(28)11-17-6-9-19(24)20(25)10-17/h4-10,14-15H,11-13H2,1-3H3,(H,26,29)/t15-/m1/s1. The lowest BCUT2D eigenvalue weighted by Crippen LogP contribution is -2.48. The molecule has 7 heteroatoms. The second kappa shape index (κ2) is 10.9. The highest BCUT2D eigenvalue weighted by atomic mass is 35.5. The molecule has 0 radical (unpaired) electrons. The van der Waals surface area contributed by atoms with Gasteiger partial charge >= 0.3 is 0 Å². The van der Waals surface area contributed by atoms with E-state index in [4.69, 9.17) is 34.8 Å². The molecule has 1 atom stereocenters. The Hall–Kier alpha value is -1.75. The van der Waals surface area contributed by atoms with Crippen LogP contribution in [0.4, 0.5) is 0 Å². The highest BCUT2D eigenvalue weighted by Gasteiger charge is 2.26. The minimum absolute atomic E-state index is 0.117. The average Bonchev–Trinajstić information content (AvgIpc) is 2.67. The molecule has 0 unspecified atom stereocenters. The predicted octanol–water partition coefficient (Wildman–Crippen LogP) is 5.38. The molecule has 0 heterocycles. The van der Waals surface area contributed by atoms with Crippen LogP contribution in [0.5, 0.6) is 0 Å². The molecule has 0 spiro atoms. The van der Waals surface area contributed by atoms with Gasteiger partial charge in [-0.05, 0) is 48.2 Å². The maximum absolute atomic E-state index is 13.1. The van der Waals surface area contributed by atoms with Crippen molar-refractivity contribution in [1.82, 2.24) is 10.2 Å². The van der Waals surface area contributed by atoms with Gasteiger partial charge in [0, 0.05) is 18.1 Å². The normalized spacial score (nSPS) is 12.0. The molecular weight excluding hydrogens is 431 g/mol. The van der Waals surface area contributed by atoms with Crippen LogP contribution in [0.3, 0.4) is 0 Å². The van der Waals surface area contributed by atoms with Gasteiger partial charge in [-0.25, -0.2) is 0 Å². The van der Waals surface area contributed by atoms with Gasteiger partial charge < -0.3 is 10.2 Å². The number of nitrogens with one attached hydrogen (secondary N) is 1. The Bertz CT molecular complexity index is 854. The van der Waals surface area contributed by atoms with Crippen LogP contribution in [-0.2, 0) is 22.6 Å². The van der Waals surface area contributed by atoms with E-state index in [1.165, 1.54) is 0 Å². The molecule has 1 N–H and O–H groups in total. The van der Waals surface area contributed by atoms with Crippen LogP contribution in [-0.4, -0.2) is 29.3 Å². The van der Waals surface area contributed by atoms with Crippen LogP contribution in [0, 0.1) is 5.92 Å². The van der Waals surface area contributed by atoms with Gasteiger partial charge in [0.05, 0.1) is 16.5 Å². The molecule has 0 saturated heterocycles. The zero-order chi connectivity index (χ0) is 21.6. The second-order valence-electron chi connectivity index (χ2n) is 7.39. The lowest BCUT2D eigenvalue weighted by molar-refractivity contribution is -0.140. The molecule has 0 bridgehead atoms. The topological polar surface area (TPSA) is 49.4 Å². The van der Waals surface area contributed by atoms with Crippen LogP contribution >= 0.6 is 34.8 Å². The average molecular weight is 456 g/mol. The number of benzene rings is 2. The number of halogens is 3. The quantitative estimate of drug-likeness (QED) is 0.581. The van der Waals surface area contributed by atoms with Crippen molar-refractivity contribution in [1.29, 1.82) is 0 Å². The zero-order valence-corrected chi connectivity index (χ0v) is 19.0. The maximum Gasteiger partial charge on any atom is 0.242 e. The second-order valence-corrected chi connectivity index (χ2v) is 8.64. The van der Waals surface area contributed by atoms with E-state index in [9.17, 15) is 9.59 Å². The van der Waals surface area contributed by atoms with Crippen molar-refractivity contribution in [3.8, 4) is 0 Å². The van der Waals surface area contributed by atoms with Gasteiger partial charge in [-0.2, -0.15) is 0 Å². The molecule has 2 amide bonds. The number of hydrogen-bond acceptors (Lipinski definition) is 2. The van der Waals surface area contributed by atoms with Crippen molar-refractivity contribution in [2.75, 3.05) is 6.54 Å². The minimum atomic E-state index is -0.625. The summed E-state index contributed by atoms with van der Waals surface area (Å²) >= 11 is 18.0. The highest BCUT2D eigenvalue weighted by Crippen LogP contribution is 2.23. The molecule has 4 nitrogen and oxygen atoms in total. The van der Waals surface area contributed by atoms with E-state index < -0.39 is 6.04 Å². The van der Waals surface area contributed by atoms with Crippen molar-refractivity contribution in [3.05, 3.63) is 68.7 Å². The minimum Gasteiger partial charge on any atom is -0.354 e. The van der Waals surface area contributed by atoms with E-state index in [0.717, 1.165) is 11.1 Å². The van der Waals surface area contributed by atoms with E-state index in [2.05, 4.69) is 5.32 Å². The van der Waals surface area contributed by atoms with Crippen LogP contribution in [0.15, 0.2) is 42.5 Å². The van der Waals surface area contributed by atoms with Crippen molar-refractivity contribution in [2.24, 2.45) is 5.92 Å². The molecule has 2 aromatic rings. The molecule has 2 aromatic carbocycles. The first kappa shape index (κ1) is 23.5. The number of nitrogens with zero attached hydrogens (tertiary/aromatic N) is 1. The van der Waals surface area contributed by atoms with Crippen LogP contribution in [0.1, 0.15) is 31.9 Å². The fourth-order valence-corrected chi connectivity index (χ4v) is 3.19. The first-order valence-electron chi connectivity index (χ1n) is 9.43. The summed E-state index contributed by atoms with van der Waals surface area (Å²) in [6, 6.07) is 11.7. The first-order valence-corrected chi connectivity index (χ1v) is 10.6. The zero-order valence-electron chi connectivity index (χ0n) is 16.7. The number of carbonyl (C=O) groups excluding carboxylic acids is 2. The number of amides is 2. The van der Waals surface area contributed by atoms with E-state index in [1.807, 2.05) is 26.0 Å². The predicted molar refractivity (Wildman–Crippen MR) is 119 cm³/mol. The summed E-state index contributed by atoms with van der Waals surface area (Å²) in [7, 11) is 0. The summed E-state index contributed by atoms with van der Waals surface area (Å²) < 4.78 is 0. The van der Waals surface area contributed by atoms with Crippen molar-refractivity contribution < 1.29 is 9.59 Å². The molecule has 156 valence electrons. The summed E-state index contributed by atoms with van der Waals surface area (Å²) in [6.07, 6.45) is 0.117. The third-order valence-electron chi connectivity index (χ3n) is 4.46. The largest absolute Gasteiger partial charge is 0.354 e. The molecule has 0 aliphatic rings. The Morgan fingerprint density at radius 2 is 1.55 bits per heavy atom. The van der Waals surface area contributed by atoms with Crippen molar-refractivity contribution in [3.63, 3.8) is 0 Å². The number of rotatable bonds is 8. The van der Waals surface area contributed by atoms with Crippen LogP contribution < -0.4 is 5.32 Å². The summed E-state index contributed by atoms with van der Waals surface area (Å²) in [4.78, 5) is 27.3. The fourth-order valence-electron chi connectivity index (χ4n) is 2.75. The number of carbonyl (C=O) groups is 2. The van der Waals surface area contributed by atoms with Crippen molar-refractivity contribution >= 4 is 46.6 Å². The van der Waals surface area contributed by atoms with Crippen LogP contribution in [0.2, 0.25) is 15.1 Å². The molecule has 2 rings (SSSR count). The Kier molecular flexibility index (Phi) is 8.81. The van der Waals surface area contributed by atoms with Gasteiger partial charge in [0.25, 0.3) is 0 Å².